The molecule has 106 valence electrons. The number of aryl methyl sites for hydroxylation is 1. The van der Waals surface area contributed by atoms with Crippen LogP contribution in [-0.4, -0.2) is 16.8 Å². The number of aromatic nitrogens is 2. The van der Waals surface area contributed by atoms with Crippen LogP contribution in [0.25, 0.3) is 10.6 Å². The van der Waals surface area contributed by atoms with Crippen molar-refractivity contribution in [3.05, 3.63) is 41.4 Å². The molecule has 0 aliphatic heterocycles. The second-order valence-electron chi connectivity index (χ2n) is 4.45. The minimum atomic E-state index is 0.623. The van der Waals surface area contributed by atoms with Crippen molar-refractivity contribution in [2.45, 2.75) is 33.1 Å². The molecule has 3 nitrogen and oxygen atoms in total. The van der Waals surface area contributed by atoms with Gasteiger partial charge in [0, 0.05) is 5.56 Å². The summed E-state index contributed by atoms with van der Waals surface area (Å²) < 4.78 is 5.65. The normalized spacial score (nSPS) is 11.1. The van der Waals surface area contributed by atoms with Crippen molar-refractivity contribution in [1.82, 2.24) is 10.2 Å². The molecule has 0 unspecified atom stereocenters. The molecule has 1 aromatic carbocycles. The Morgan fingerprint density at radius 3 is 2.55 bits per heavy atom. The molecule has 0 aliphatic rings. The summed E-state index contributed by atoms with van der Waals surface area (Å²) in [7, 11) is 0. The quantitative estimate of drug-likeness (QED) is 0.703. The largest absolute Gasteiger partial charge is 0.490 e. The van der Waals surface area contributed by atoms with E-state index in [1.165, 1.54) is 6.42 Å². The van der Waals surface area contributed by atoms with Crippen molar-refractivity contribution in [1.29, 1.82) is 0 Å². The maximum atomic E-state index is 5.65. The van der Waals surface area contributed by atoms with Crippen molar-refractivity contribution >= 4 is 11.3 Å². The Morgan fingerprint density at radius 1 is 1.10 bits per heavy atom. The van der Waals surface area contributed by atoms with Gasteiger partial charge in [-0.25, -0.2) is 0 Å². The van der Waals surface area contributed by atoms with Crippen molar-refractivity contribution in [2.24, 2.45) is 0 Å². The van der Waals surface area contributed by atoms with Gasteiger partial charge >= 0.3 is 0 Å². The third-order valence-electron chi connectivity index (χ3n) is 2.84. The highest BCUT2D eigenvalue weighted by Gasteiger charge is 2.05. The number of benzene rings is 1. The van der Waals surface area contributed by atoms with Gasteiger partial charge in [-0.3, -0.25) is 0 Å². The van der Waals surface area contributed by atoms with E-state index in [-0.39, 0.29) is 0 Å². The molecule has 0 amide bonds. The molecule has 1 heterocycles. The highest BCUT2D eigenvalue weighted by Crippen LogP contribution is 2.25. The lowest BCUT2D eigenvalue weighted by Crippen LogP contribution is -1.92. The van der Waals surface area contributed by atoms with Crippen LogP contribution in [0.5, 0.6) is 5.75 Å². The van der Waals surface area contributed by atoms with Gasteiger partial charge in [-0.2, -0.15) is 0 Å². The van der Waals surface area contributed by atoms with E-state index >= 15 is 0 Å². The number of hydrogen-bond acceptors (Lipinski definition) is 4. The fourth-order valence-electron chi connectivity index (χ4n) is 1.70. The summed E-state index contributed by atoms with van der Waals surface area (Å²) in [5, 5.41) is 10.4. The first kappa shape index (κ1) is 14.7. The smallest absolute Gasteiger partial charge is 0.147 e. The van der Waals surface area contributed by atoms with E-state index in [0.29, 0.717) is 6.61 Å². The lowest BCUT2D eigenvalue weighted by Gasteiger charge is -2.03. The number of allylic oxidation sites excluding steroid dienone is 1. The third-order valence-corrected chi connectivity index (χ3v) is 3.96. The Morgan fingerprint density at radius 2 is 1.90 bits per heavy atom. The van der Waals surface area contributed by atoms with Crippen LogP contribution >= 0.6 is 11.3 Å². The third kappa shape index (κ3) is 4.17. The van der Waals surface area contributed by atoms with Gasteiger partial charge in [-0.15, -0.1) is 10.2 Å². The molecule has 0 N–H and O–H groups in total. The Bertz CT molecular complexity index is 546. The van der Waals surface area contributed by atoms with E-state index in [4.69, 9.17) is 4.74 Å². The maximum absolute atomic E-state index is 5.65. The Kier molecular flexibility index (Phi) is 5.74. The zero-order valence-electron chi connectivity index (χ0n) is 12.0. The van der Waals surface area contributed by atoms with Crippen LogP contribution in [0, 0.1) is 0 Å². The summed E-state index contributed by atoms with van der Waals surface area (Å²) in [5.41, 5.74) is 1.09. The summed E-state index contributed by atoms with van der Waals surface area (Å²) in [5.74, 6) is 0.884. The topological polar surface area (TPSA) is 35.0 Å². The molecule has 0 saturated carbocycles. The van der Waals surface area contributed by atoms with Crippen LogP contribution in [0.2, 0.25) is 0 Å². The van der Waals surface area contributed by atoms with Gasteiger partial charge in [-0.1, -0.05) is 43.8 Å². The summed E-state index contributed by atoms with van der Waals surface area (Å²) in [6.45, 7) is 4.88. The van der Waals surface area contributed by atoms with E-state index in [1.54, 1.807) is 11.3 Å². The standard InChI is InChI=1S/C16H20N2OS/c1-3-5-6-7-12-19-14-10-8-13(9-11-14)16-18-17-15(4-2)20-16/h6-11H,3-5,12H2,1-2H3. The summed E-state index contributed by atoms with van der Waals surface area (Å²) >= 11 is 1.64. The first-order chi connectivity index (χ1) is 9.83. The van der Waals surface area contributed by atoms with Crippen molar-refractivity contribution in [3.8, 4) is 16.3 Å². The molecule has 0 radical (unpaired) electrons. The van der Waals surface area contributed by atoms with E-state index in [2.05, 4.69) is 36.2 Å². The fraction of sp³-hybridized carbons (Fsp3) is 0.375. The first-order valence-electron chi connectivity index (χ1n) is 7.04. The van der Waals surface area contributed by atoms with E-state index in [0.717, 1.165) is 34.2 Å². The zero-order valence-corrected chi connectivity index (χ0v) is 12.8. The molecule has 2 rings (SSSR count). The van der Waals surface area contributed by atoms with Crippen molar-refractivity contribution < 1.29 is 4.74 Å². The Hall–Kier alpha value is -1.68. The second kappa shape index (κ2) is 7.80. The van der Waals surface area contributed by atoms with E-state index < -0.39 is 0 Å². The monoisotopic (exact) mass is 288 g/mol. The molecule has 0 saturated heterocycles. The highest BCUT2D eigenvalue weighted by molar-refractivity contribution is 7.14. The summed E-state index contributed by atoms with van der Waals surface area (Å²) in [6.07, 6.45) is 7.44. The van der Waals surface area contributed by atoms with Crippen LogP contribution in [-0.2, 0) is 6.42 Å². The van der Waals surface area contributed by atoms with Crippen LogP contribution in [0.3, 0.4) is 0 Å². The van der Waals surface area contributed by atoms with Gasteiger partial charge in [0.25, 0.3) is 0 Å². The summed E-state index contributed by atoms with van der Waals surface area (Å²) in [6, 6.07) is 8.03. The second-order valence-corrected chi connectivity index (χ2v) is 5.51. The van der Waals surface area contributed by atoms with Crippen LogP contribution in [0.15, 0.2) is 36.4 Å². The SMILES string of the molecule is CCCC=CCOc1ccc(-c2nnc(CC)s2)cc1. The van der Waals surface area contributed by atoms with Crippen LogP contribution < -0.4 is 4.74 Å². The molecule has 1 aromatic heterocycles. The van der Waals surface area contributed by atoms with Gasteiger partial charge in [0.1, 0.15) is 22.4 Å². The molecule has 4 heteroatoms. The molecule has 0 bridgehead atoms. The summed E-state index contributed by atoms with van der Waals surface area (Å²) in [4.78, 5) is 0. The first-order valence-corrected chi connectivity index (χ1v) is 7.85. The molecular formula is C16H20N2OS. The van der Waals surface area contributed by atoms with Gasteiger partial charge in [-0.05, 0) is 37.1 Å². The van der Waals surface area contributed by atoms with E-state index in [9.17, 15) is 0 Å². The average Bonchev–Trinajstić information content (AvgIpc) is 2.97. The van der Waals surface area contributed by atoms with Crippen LogP contribution in [0.1, 0.15) is 31.7 Å². The molecule has 2 aromatic rings. The minimum absolute atomic E-state index is 0.623. The van der Waals surface area contributed by atoms with Gasteiger partial charge in [0.15, 0.2) is 0 Å². The van der Waals surface area contributed by atoms with E-state index in [1.807, 2.05) is 24.3 Å². The molecule has 0 spiro atoms. The maximum Gasteiger partial charge on any atom is 0.147 e. The predicted octanol–water partition coefficient (Wildman–Crippen LogP) is 4.50. The average molecular weight is 288 g/mol. The minimum Gasteiger partial charge on any atom is -0.490 e. The molecule has 0 atom stereocenters. The number of ether oxygens (including phenoxy) is 1. The molecule has 0 aliphatic carbocycles. The predicted molar refractivity (Wildman–Crippen MR) is 84.3 cm³/mol. The molecule has 20 heavy (non-hydrogen) atoms. The van der Waals surface area contributed by atoms with Crippen molar-refractivity contribution in [2.75, 3.05) is 6.61 Å². The number of rotatable bonds is 7. The molecule has 0 fully saturated rings. The van der Waals surface area contributed by atoms with Crippen molar-refractivity contribution in [3.63, 3.8) is 0 Å². The molecular weight excluding hydrogens is 268 g/mol. The lowest BCUT2D eigenvalue weighted by atomic mass is 10.2. The van der Waals surface area contributed by atoms with Gasteiger partial charge in [0.05, 0.1) is 0 Å². The van der Waals surface area contributed by atoms with Gasteiger partial charge < -0.3 is 4.74 Å². The number of nitrogens with zero attached hydrogens (tertiary/aromatic N) is 2. The van der Waals surface area contributed by atoms with Gasteiger partial charge in [0.2, 0.25) is 0 Å². The highest BCUT2D eigenvalue weighted by atomic mass is 32.1. The Labute approximate surface area is 124 Å². The lowest BCUT2D eigenvalue weighted by molar-refractivity contribution is 0.362. The van der Waals surface area contributed by atoms with Crippen LogP contribution in [0.4, 0.5) is 0 Å². The fourth-order valence-corrected chi connectivity index (χ4v) is 2.49. The Balaban J connectivity index is 1.92. The number of hydrogen-bond donors (Lipinski definition) is 0. The number of unbranched alkanes of at least 4 members (excludes halogenated alkanes) is 1. The zero-order chi connectivity index (χ0) is 14.2.